The molecule has 0 bridgehead atoms. The van der Waals surface area contributed by atoms with Gasteiger partial charge >= 0.3 is 0 Å². The van der Waals surface area contributed by atoms with Gasteiger partial charge < -0.3 is 5.32 Å². The number of nitrogens with one attached hydrogen (secondary N) is 1. The molecule has 0 spiro atoms. The molecule has 0 amide bonds. The van der Waals surface area contributed by atoms with Crippen molar-refractivity contribution >= 4 is 40.9 Å². The van der Waals surface area contributed by atoms with Crippen LogP contribution in [0.25, 0.3) is 11.0 Å². The average molecular weight is 313 g/mol. The van der Waals surface area contributed by atoms with Gasteiger partial charge in [-0.25, -0.2) is 4.98 Å². The van der Waals surface area contributed by atoms with E-state index in [4.69, 9.17) is 0 Å². The number of benzene rings is 1. The van der Waals surface area contributed by atoms with E-state index in [1.165, 1.54) is 12.1 Å². The Balaban J connectivity index is 0.00000147. The lowest BCUT2D eigenvalue weighted by molar-refractivity contribution is -0.384. The zero-order valence-corrected chi connectivity index (χ0v) is 12.1. The van der Waals surface area contributed by atoms with E-state index in [0.29, 0.717) is 16.3 Å². The molecule has 1 aromatic carbocycles. The Bertz CT molecular complexity index is 634. The van der Waals surface area contributed by atoms with Gasteiger partial charge in [-0.3, -0.25) is 15.1 Å². The second kappa shape index (κ2) is 6.34. The van der Waals surface area contributed by atoms with E-state index >= 15 is 0 Å². The predicted molar refractivity (Wildman–Crippen MR) is 80.6 cm³/mol. The normalized spacial score (nSPS) is 17.9. The molecule has 3 rings (SSSR count). The van der Waals surface area contributed by atoms with Gasteiger partial charge in [0.2, 0.25) is 0 Å². The summed E-state index contributed by atoms with van der Waals surface area (Å²) in [5.41, 5.74) is 1.30. The van der Waals surface area contributed by atoms with Crippen LogP contribution in [0.15, 0.2) is 29.4 Å². The van der Waals surface area contributed by atoms with Gasteiger partial charge in [-0.05, 0) is 19.0 Å². The fourth-order valence-electron chi connectivity index (χ4n) is 2.05. The van der Waals surface area contributed by atoms with E-state index in [9.17, 15) is 10.1 Å². The summed E-state index contributed by atoms with van der Waals surface area (Å²) in [6, 6.07) is 4.56. The zero-order valence-electron chi connectivity index (χ0n) is 10.5. The Morgan fingerprint density at radius 3 is 2.95 bits per heavy atom. The second-order valence-corrected chi connectivity index (χ2v) is 5.69. The van der Waals surface area contributed by atoms with Crippen molar-refractivity contribution < 1.29 is 4.92 Å². The molecule has 6 nitrogen and oxygen atoms in total. The first-order chi connectivity index (χ1) is 9.22. The van der Waals surface area contributed by atoms with Gasteiger partial charge in [0.15, 0.2) is 0 Å². The fraction of sp³-hybridized carbons (Fsp3) is 0.333. The van der Waals surface area contributed by atoms with Crippen LogP contribution in [-0.4, -0.2) is 33.2 Å². The van der Waals surface area contributed by atoms with Gasteiger partial charge in [0.25, 0.3) is 5.69 Å². The molecule has 1 fully saturated rings. The van der Waals surface area contributed by atoms with Crippen molar-refractivity contribution in [3.63, 3.8) is 0 Å². The Kier molecular flexibility index (Phi) is 4.74. The van der Waals surface area contributed by atoms with Crippen molar-refractivity contribution in [1.29, 1.82) is 0 Å². The number of thioether (sulfide) groups is 1. The number of hydrogen-bond donors (Lipinski definition) is 1. The smallest absolute Gasteiger partial charge is 0.271 e. The van der Waals surface area contributed by atoms with Crippen molar-refractivity contribution in [2.75, 3.05) is 13.1 Å². The third-order valence-corrected chi connectivity index (χ3v) is 4.19. The molecule has 1 saturated heterocycles. The van der Waals surface area contributed by atoms with Gasteiger partial charge in [-0.1, -0.05) is 0 Å². The van der Waals surface area contributed by atoms with Crippen molar-refractivity contribution in [1.82, 2.24) is 15.3 Å². The number of nitro groups is 1. The van der Waals surface area contributed by atoms with E-state index in [2.05, 4.69) is 15.3 Å². The predicted octanol–water partition coefficient (Wildman–Crippen LogP) is 2.41. The molecular weight excluding hydrogens is 300 g/mol. The highest BCUT2D eigenvalue weighted by Crippen LogP contribution is 2.26. The maximum absolute atomic E-state index is 10.7. The second-order valence-electron chi connectivity index (χ2n) is 4.37. The average Bonchev–Trinajstić information content (AvgIpc) is 2.91. The SMILES string of the molecule is Cl.O=[N+]([O-])c1ccc2nc(S[C@@H]3CCNC3)cnc2c1. The molecule has 0 radical (unpaired) electrons. The van der Waals surface area contributed by atoms with Gasteiger partial charge in [-0.2, -0.15) is 0 Å². The van der Waals surface area contributed by atoms with E-state index in [1.54, 1.807) is 24.0 Å². The van der Waals surface area contributed by atoms with Crippen LogP contribution in [0.4, 0.5) is 5.69 Å². The molecule has 1 atom stereocenters. The highest BCUT2D eigenvalue weighted by atomic mass is 35.5. The molecule has 1 aromatic heterocycles. The minimum Gasteiger partial charge on any atom is -0.316 e. The molecule has 0 aliphatic carbocycles. The van der Waals surface area contributed by atoms with Gasteiger partial charge in [0.05, 0.1) is 22.2 Å². The first kappa shape index (κ1) is 15.0. The molecule has 1 N–H and O–H groups in total. The molecule has 1 aliphatic heterocycles. The Hall–Kier alpha value is -1.44. The maximum Gasteiger partial charge on any atom is 0.271 e. The lowest BCUT2D eigenvalue weighted by Gasteiger charge is -2.07. The number of hydrogen-bond acceptors (Lipinski definition) is 6. The molecule has 1 aliphatic rings. The summed E-state index contributed by atoms with van der Waals surface area (Å²) < 4.78 is 0. The Morgan fingerprint density at radius 2 is 2.25 bits per heavy atom. The van der Waals surface area contributed by atoms with Crippen LogP contribution in [-0.2, 0) is 0 Å². The van der Waals surface area contributed by atoms with Crippen LogP contribution in [0.3, 0.4) is 0 Å². The summed E-state index contributed by atoms with van der Waals surface area (Å²) in [6.45, 7) is 2.04. The Morgan fingerprint density at radius 1 is 1.40 bits per heavy atom. The lowest BCUT2D eigenvalue weighted by atomic mass is 10.3. The summed E-state index contributed by atoms with van der Waals surface area (Å²) in [5, 5.41) is 15.4. The number of non-ortho nitro benzene ring substituents is 1. The minimum absolute atomic E-state index is 0. The molecule has 8 heteroatoms. The van der Waals surface area contributed by atoms with E-state index in [0.717, 1.165) is 24.5 Å². The Labute approximate surface area is 125 Å². The van der Waals surface area contributed by atoms with Crippen LogP contribution in [0.1, 0.15) is 6.42 Å². The van der Waals surface area contributed by atoms with E-state index in [1.807, 2.05) is 0 Å². The van der Waals surface area contributed by atoms with Gasteiger partial charge in [-0.15, -0.1) is 24.2 Å². The first-order valence-electron chi connectivity index (χ1n) is 6.01. The monoisotopic (exact) mass is 312 g/mol. The fourth-order valence-corrected chi connectivity index (χ4v) is 3.10. The van der Waals surface area contributed by atoms with Gasteiger partial charge in [0, 0.05) is 23.9 Å². The summed E-state index contributed by atoms with van der Waals surface area (Å²) >= 11 is 1.71. The third kappa shape index (κ3) is 3.17. The van der Waals surface area contributed by atoms with Crippen LogP contribution in [0.5, 0.6) is 0 Å². The van der Waals surface area contributed by atoms with Crippen LogP contribution in [0, 0.1) is 10.1 Å². The topological polar surface area (TPSA) is 81.0 Å². The lowest BCUT2D eigenvalue weighted by Crippen LogP contribution is -2.10. The summed E-state index contributed by atoms with van der Waals surface area (Å²) in [5.74, 6) is 0. The summed E-state index contributed by atoms with van der Waals surface area (Å²) in [7, 11) is 0. The van der Waals surface area contributed by atoms with Crippen molar-refractivity contribution in [2.24, 2.45) is 0 Å². The quantitative estimate of drug-likeness (QED) is 0.692. The largest absolute Gasteiger partial charge is 0.316 e. The van der Waals surface area contributed by atoms with Gasteiger partial charge in [0.1, 0.15) is 5.03 Å². The summed E-state index contributed by atoms with van der Waals surface area (Å²) in [4.78, 5) is 19.0. The van der Waals surface area contributed by atoms with E-state index < -0.39 is 4.92 Å². The third-order valence-electron chi connectivity index (χ3n) is 3.02. The summed E-state index contributed by atoms with van der Waals surface area (Å²) in [6.07, 6.45) is 2.82. The molecule has 106 valence electrons. The molecule has 20 heavy (non-hydrogen) atoms. The molecule has 2 heterocycles. The number of nitro benzene ring substituents is 1. The van der Waals surface area contributed by atoms with Crippen molar-refractivity contribution in [2.45, 2.75) is 16.7 Å². The number of nitrogens with zero attached hydrogens (tertiary/aromatic N) is 3. The first-order valence-corrected chi connectivity index (χ1v) is 6.89. The molecule has 0 unspecified atom stereocenters. The standard InChI is InChI=1S/C12H12N4O2S.ClH/c17-16(18)8-1-2-10-11(5-8)14-7-12(15-10)19-9-3-4-13-6-9;/h1-2,5,7,9,13H,3-4,6H2;1H/t9-;/m1./s1. The zero-order chi connectivity index (χ0) is 13.2. The van der Waals surface area contributed by atoms with Crippen molar-refractivity contribution in [3.05, 3.63) is 34.5 Å². The molecule has 2 aromatic rings. The van der Waals surface area contributed by atoms with E-state index in [-0.39, 0.29) is 18.1 Å². The van der Waals surface area contributed by atoms with Crippen LogP contribution < -0.4 is 5.32 Å². The highest BCUT2D eigenvalue weighted by molar-refractivity contribution is 7.99. The highest BCUT2D eigenvalue weighted by Gasteiger charge is 2.17. The van der Waals surface area contributed by atoms with Crippen LogP contribution >= 0.6 is 24.2 Å². The van der Waals surface area contributed by atoms with Crippen molar-refractivity contribution in [3.8, 4) is 0 Å². The number of halogens is 1. The number of rotatable bonds is 3. The number of fused-ring (bicyclic) bond motifs is 1. The minimum atomic E-state index is -0.423. The molecular formula is C12H13ClN4O2S. The molecule has 0 saturated carbocycles. The maximum atomic E-state index is 10.7. The van der Waals surface area contributed by atoms with Crippen LogP contribution in [0.2, 0.25) is 0 Å². The number of aromatic nitrogens is 2.